The van der Waals surface area contributed by atoms with Gasteiger partial charge in [-0.25, -0.2) is 13.8 Å². The highest BCUT2D eigenvalue weighted by molar-refractivity contribution is 14.1. The summed E-state index contributed by atoms with van der Waals surface area (Å²) in [5, 5.41) is 10.7. The third-order valence-electron chi connectivity index (χ3n) is 3.25. The van der Waals surface area contributed by atoms with Gasteiger partial charge in [0.2, 0.25) is 0 Å². The maximum atomic E-state index is 14.3. The number of aryl methyl sites for hydroxylation is 1. The maximum absolute atomic E-state index is 14.3. The van der Waals surface area contributed by atoms with E-state index >= 15 is 0 Å². The Kier molecular flexibility index (Phi) is 5.59. The molecule has 0 aliphatic rings. The minimum atomic E-state index is -1.00. The summed E-state index contributed by atoms with van der Waals surface area (Å²) in [6.07, 6.45) is 0. The van der Waals surface area contributed by atoms with Gasteiger partial charge in [0.05, 0.1) is 12.3 Å². The quantitative estimate of drug-likeness (QED) is 0.548. The van der Waals surface area contributed by atoms with E-state index in [1.54, 1.807) is 19.9 Å². The Hall–Kier alpha value is -1.25. The van der Waals surface area contributed by atoms with E-state index in [4.69, 9.17) is 4.84 Å². The molecule has 2 aromatic rings. The van der Waals surface area contributed by atoms with Gasteiger partial charge in [-0.1, -0.05) is 6.07 Å². The molecule has 0 aliphatic carbocycles. The Bertz CT molecular complexity index is 707. The molecule has 0 heterocycles. The van der Waals surface area contributed by atoms with Crippen LogP contribution in [0.3, 0.4) is 0 Å². The number of hydrogen-bond donors (Lipinski definition) is 1. The van der Waals surface area contributed by atoms with E-state index in [2.05, 4.69) is 22.6 Å². The van der Waals surface area contributed by atoms with Gasteiger partial charge >= 0.3 is 0 Å². The van der Waals surface area contributed by atoms with Gasteiger partial charge < -0.3 is 5.11 Å². The largest absolute Gasteiger partial charge is 0.393 e. The van der Waals surface area contributed by atoms with Crippen molar-refractivity contribution in [3.63, 3.8) is 0 Å². The van der Waals surface area contributed by atoms with Gasteiger partial charge in [-0.15, -0.1) is 0 Å². The van der Waals surface area contributed by atoms with Gasteiger partial charge in [0.1, 0.15) is 11.3 Å². The van der Waals surface area contributed by atoms with E-state index in [0.29, 0.717) is 5.69 Å². The molecular weight excluding hydrogens is 415 g/mol. The summed E-state index contributed by atoms with van der Waals surface area (Å²) < 4.78 is 28.9. The molecule has 0 saturated heterocycles. The van der Waals surface area contributed by atoms with Crippen LogP contribution in [0.4, 0.5) is 20.2 Å². The molecule has 0 aromatic heterocycles. The molecule has 0 unspecified atom stereocenters. The Morgan fingerprint density at radius 2 is 1.87 bits per heavy atom. The van der Waals surface area contributed by atoms with Crippen molar-refractivity contribution in [3.05, 3.63) is 57.2 Å². The number of halogens is 3. The number of aliphatic hydroxyl groups excluding tert-OH is 1. The third-order valence-corrected chi connectivity index (χ3v) is 3.92. The lowest BCUT2D eigenvalue weighted by atomic mass is 10.1. The SMILES string of the molecule is Cc1cc(I)ccc1N(OC(C)(C)CO)c1cccc(F)c1F. The second-order valence-corrected chi connectivity index (χ2v) is 7.05. The van der Waals surface area contributed by atoms with E-state index < -0.39 is 17.2 Å². The summed E-state index contributed by atoms with van der Waals surface area (Å²) in [5.41, 5.74) is 0.412. The normalized spacial score (nSPS) is 11.6. The van der Waals surface area contributed by atoms with E-state index in [1.165, 1.54) is 17.2 Å². The molecule has 0 radical (unpaired) electrons. The number of nitrogens with zero attached hydrogens (tertiary/aromatic N) is 1. The van der Waals surface area contributed by atoms with Gasteiger partial charge in [-0.2, -0.15) is 0 Å². The minimum absolute atomic E-state index is 0.0455. The summed E-state index contributed by atoms with van der Waals surface area (Å²) in [7, 11) is 0. The van der Waals surface area contributed by atoms with Gasteiger partial charge in [0.25, 0.3) is 0 Å². The van der Waals surface area contributed by atoms with Crippen LogP contribution in [-0.2, 0) is 4.84 Å². The van der Waals surface area contributed by atoms with Crippen LogP contribution in [0.2, 0.25) is 0 Å². The molecule has 0 bridgehead atoms. The molecule has 0 amide bonds. The van der Waals surface area contributed by atoms with Crippen LogP contribution in [0.5, 0.6) is 0 Å². The van der Waals surface area contributed by atoms with Crippen LogP contribution in [0.15, 0.2) is 36.4 Å². The molecule has 2 aromatic carbocycles. The molecule has 2 rings (SSSR count). The summed E-state index contributed by atoms with van der Waals surface area (Å²) in [6.45, 7) is 4.92. The monoisotopic (exact) mass is 433 g/mol. The predicted molar refractivity (Wildman–Crippen MR) is 94.6 cm³/mol. The van der Waals surface area contributed by atoms with E-state index in [9.17, 15) is 13.9 Å². The fraction of sp³-hybridized carbons (Fsp3) is 0.294. The number of hydrogen-bond acceptors (Lipinski definition) is 3. The molecule has 1 N–H and O–H groups in total. The van der Waals surface area contributed by atoms with Crippen LogP contribution in [0.25, 0.3) is 0 Å². The maximum Gasteiger partial charge on any atom is 0.184 e. The molecule has 23 heavy (non-hydrogen) atoms. The molecular formula is C17H18F2INO2. The lowest BCUT2D eigenvalue weighted by molar-refractivity contribution is -0.0547. The first-order valence-corrected chi connectivity index (χ1v) is 8.13. The number of benzene rings is 2. The summed E-state index contributed by atoms with van der Waals surface area (Å²) in [6, 6.07) is 9.43. The average molecular weight is 433 g/mol. The summed E-state index contributed by atoms with van der Waals surface area (Å²) in [4.78, 5) is 5.79. The molecule has 0 saturated carbocycles. The first-order chi connectivity index (χ1) is 10.7. The van der Waals surface area contributed by atoms with Gasteiger partial charge in [-0.05, 0) is 79.3 Å². The number of rotatable bonds is 5. The second kappa shape index (κ2) is 7.11. The van der Waals surface area contributed by atoms with Crippen molar-refractivity contribution in [3.8, 4) is 0 Å². The average Bonchev–Trinajstić information content (AvgIpc) is 2.48. The number of anilines is 2. The molecule has 0 atom stereocenters. The zero-order chi connectivity index (χ0) is 17.2. The van der Waals surface area contributed by atoms with Crippen molar-refractivity contribution in [2.24, 2.45) is 0 Å². The van der Waals surface area contributed by atoms with E-state index in [-0.39, 0.29) is 12.3 Å². The Labute approximate surface area is 148 Å². The van der Waals surface area contributed by atoms with E-state index in [1.807, 2.05) is 19.1 Å². The smallest absolute Gasteiger partial charge is 0.184 e. The van der Waals surface area contributed by atoms with Crippen molar-refractivity contribution >= 4 is 34.0 Å². The van der Waals surface area contributed by atoms with Crippen molar-refractivity contribution in [2.45, 2.75) is 26.4 Å². The summed E-state index contributed by atoms with van der Waals surface area (Å²) >= 11 is 2.17. The van der Waals surface area contributed by atoms with Gasteiger partial charge in [-0.3, -0.25) is 4.84 Å². The van der Waals surface area contributed by atoms with Crippen molar-refractivity contribution in [2.75, 3.05) is 11.7 Å². The van der Waals surface area contributed by atoms with Gasteiger partial charge in [0, 0.05) is 3.57 Å². The molecule has 0 aliphatic heterocycles. The van der Waals surface area contributed by atoms with Crippen LogP contribution in [-0.4, -0.2) is 17.3 Å². The highest BCUT2D eigenvalue weighted by Gasteiger charge is 2.27. The Morgan fingerprint density at radius 3 is 2.48 bits per heavy atom. The molecule has 6 heteroatoms. The zero-order valence-corrected chi connectivity index (χ0v) is 15.3. The van der Waals surface area contributed by atoms with Crippen LogP contribution in [0, 0.1) is 22.1 Å². The fourth-order valence-electron chi connectivity index (χ4n) is 2.00. The van der Waals surface area contributed by atoms with Crippen molar-refractivity contribution < 1.29 is 18.7 Å². The molecule has 3 nitrogen and oxygen atoms in total. The lowest BCUT2D eigenvalue weighted by Gasteiger charge is -2.33. The topological polar surface area (TPSA) is 32.7 Å². The third kappa shape index (κ3) is 4.19. The van der Waals surface area contributed by atoms with E-state index in [0.717, 1.165) is 15.2 Å². The Balaban J connectivity index is 2.58. The minimum Gasteiger partial charge on any atom is -0.393 e. The fourth-order valence-corrected chi connectivity index (χ4v) is 2.65. The molecule has 0 fully saturated rings. The van der Waals surface area contributed by atoms with Crippen LogP contribution < -0.4 is 5.06 Å². The number of aliphatic hydroxyl groups is 1. The van der Waals surface area contributed by atoms with Crippen LogP contribution in [0.1, 0.15) is 19.4 Å². The first kappa shape index (κ1) is 18.1. The predicted octanol–water partition coefficient (Wildman–Crippen LogP) is 4.72. The van der Waals surface area contributed by atoms with Crippen molar-refractivity contribution in [1.29, 1.82) is 0 Å². The lowest BCUT2D eigenvalue weighted by Crippen LogP contribution is -2.37. The highest BCUT2D eigenvalue weighted by atomic mass is 127. The van der Waals surface area contributed by atoms with Gasteiger partial charge in [0.15, 0.2) is 11.6 Å². The first-order valence-electron chi connectivity index (χ1n) is 7.05. The Morgan fingerprint density at radius 1 is 1.17 bits per heavy atom. The van der Waals surface area contributed by atoms with Crippen LogP contribution >= 0.6 is 22.6 Å². The second-order valence-electron chi connectivity index (χ2n) is 5.81. The standard InChI is InChI=1S/C17H18F2INO2/c1-11-9-12(20)7-8-14(11)21(23-17(2,3)10-22)15-6-4-5-13(18)16(15)19/h4-9,22H,10H2,1-3H3. The molecule has 0 spiro atoms. The zero-order valence-electron chi connectivity index (χ0n) is 13.1. The molecule has 124 valence electrons. The van der Waals surface area contributed by atoms with Crippen molar-refractivity contribution in [1.82, 2.24) is 0 Å². The highest BCUT2D eigenvalue weighted by Crippen LogP contribution is 2.34. The summed E-state index contributed by atoms with van der Waals surface area (Å²) in [5.74, 6) is -1.96.